The van der Waals surface area contributed by atoms with Crippen LogP contribution in [0.25, 0.3) is 0 Å². The first-order chi connectivity index (χ1) is 12.2. The first-order valence-corrected chi connectivity index (χ1v) is 7.78. The monoisotopic (exact) mass is 504 g/mol. The number of nitrogens with zero attached hydrogens (tertiary/aromatic N) is 2. The molecule has 1 aromatic rings. The van der Waals surface area contributed by atoms with Gasteiger partial charge in [-0.1, -0.05) is 18.2 Å². The number of ether oxygens (including phenoxy) is 2. The summed E-state index contributed by atoms with van der Waals surface area (Å²) >= 11 is 0. The van der Waals surface area contributed by atoms with E-state index in [2.05, 4.69) is 20.4 Å². The average molecular weight is 504 g/mol. The molecule has 0 aliphatic carbocycles. The minimum absolute atomic E-state index is 0. The summed E-state index contributed by atoms with van der Waals surface area (Å²) in [5, 5.41) is 5.76. The number of rotatable bonds is 8. The van der Waals surface area contributed by atoms with Crippen molar-refractivity contribution >= 4 is 35.8 Å². The van der Waals surface area contributed by atoms with E-state index in [1.807, 2.05) is 0 Å². The number of alkyl halides is 3. The van der Waals surface area contributed by atoms with Crippen molar-refractivity contribution in [1.82, 2.24) is 15.5 Å². The zero-order valence-electron chi connectivity index (χ0n) is 15.3. The fourth-order valence-corrected chi connectivity index (χ4v) is 1.79. The molecule has 27 heavy (non-hydrogen) atoms. The van der Waals surface area contributed by atoms with Gasteiger partial charge in [0.1, 0.15) is 5.75 Å². The SMILES string of the molecule is COCCNC(=NCc1ccccc1OC(F)(F)F)NCC(=O)N(C)C.I. The lowest BCUT2D eigenvalue weighted by atomic mass is 10.2. The molecule has 0 heterocycles. The van der Waals surface area contributed by atoms with Crippen molar-refractivity contribution in [1.29, 1.82) is 0 Å². The van der Waals surface area contributed by atoms with Gasteiger partial charge in [-0.25, -0.2) is 4.99 Å². The van der Waals surface area contributed by atoms with E-state index in [0.717, 1.165) is 0 Å². The lowest BCUT2D eigenvalue weighted by molar-refractivity contribution is -0.274. The second kappa shape index (κ2) is 12.6. The van der Waals surface area contributed by atoms with Crippen LogP contribution in [0, 0.1) is 0 Å². The predicted octanol–water partition coefficient (Wildman–Crippen LogP) is 1.97. The number of carbonyl (C=O) groups is 1. The zero-order valence-corrected chi connectivity index (χ0v) is 17.6. The molecule has 1 amide bonds. The summed E-state index contributed by atoms with van der Waals surface area (Å²) in [6.45, 7) is 0.743. The second-order valence-electron chi connectivity index (χ2n) is 5.38. The van der Waals surface area contributed by atoms with Crippen molar-refractivity contribution in [2.75, 3.05) is 40.9 Å². The van der Waals surface area contributed by atoms with Crippen LogP contribution in [0.5, 0.6) is 5.75 Å². The molecule has 2 N–H and O–H groups in total. The fraction of sp³-hybridized carbons (Fsp3) is 0.500. The largest absolute Gasteiger partial charge is 0.573 e. The number of halogens is 4. The molecule has 1 rings (SSSR count). The Hall–Kier alpha value is -1.76. The van der Waals surface area contributed by atoms with Crippen LogP contribution < -0.4 is 15.4 Å². The predicted molar refractivity (Wildman–Crippen MR) is 106 cm³/mol. The Morgan fingerprint density at radius 3 is 2.48 bits per heavy atom. The Balaban J connectivity index is 0.00000676. The van der Waals surface area contributed by atoms with Crippen LogP contribution in [0.3, 0.4) is 0 Å². The lowest BCUT2D eigenvalue weighted by Gasteiger charge is -2.15. The normalized spacial score (nSPS) is 11.4. The van der Waals surface area contributed by atoms with E-state index >= 15 is 0 Å². The van der Waals surface area contributed by atoms with E-state index in [0.29, 0.717) is 13.2 Å². The number of benzene rings is 1. The highest BCUT2D eigenvalue weighted by Crippen LogP contribution is 2.26. The van der Waals surface area contributed by atoms with Gasteiger partial charge >= 0.3 is 6.36 Å². The van der Waals surface area contributed by atoms with Gasteiger partial charge in [-0.2, -0.15) is 0 Å². The summed E-state index contributed by atoms with van der Waals surface area (Å²) in [6.07, 6.45) is -4.78. The van der Waals surface area contributed by atoms with Gasteiger partial charge < -0.3 is 25.0 Å². The van der Waals surface area contributed by atoms with Gasteiger partial charge in [0.15, 0.2) is 5.96 Å². The van der Waals surface area contributed by atoms with E-state index in [1.165, 1.54) is 30.2 Å². The van der Waals surface area contributed by atoms with Gasteiger partial charge in [0, 0.05) is 33.3 Å². The number of likely N-dealkylation sites (N-methyl/N-ethyl adjacent to an activating group) is 1. The third-order valence-corrected chi connectivity index (χ3v) is 3.11. The number of guanidine groups is 1. The van der Waals surface area contributed by atoms with Gasteiger partial charge in [-0.15, -0.1) is 37.1 Å². The average Bonchev–Trinajstić information content (AvgIpc) is 2.56. The van der Waals surface area contributed by atoms with E-state index in [9.17, 15) is 18.0 Å². The molecule has 0 saturated heterocycles. The molecule has 0 aliphatic heterocycles. The van der Waals surface area contributed by atoms with Gasteiger partial charge in [-0.05, 0) is 6.07 Å². The highest BCUT2D eigenvalue weighted by molar-refractivity contribution is 14.0. The zero-order chi connectivity index (χ0) is 19.6. The molecular formula is C16H24F3IN4O3. The molecule has 11 heteroatoms. The minimum Gasteiger partial charge on any atom is -0.405 e. The van der Waals surface area contributed by atoms with Crippen LogP contribution in [0.2, 0.25) is 0 Å². The van der Waals surface area contributed by atoms with Crippen LogP contribution in [-0.2, 0) is 16.1 Å². The van der Waals surface area contributed by atoms with Crippen LogP contribution >= 0.6 is 24.0 Å². The highest BCUT2D eigenvalue weighted by atomic mass is 127. The number of nitrogens with one attached hydrogen (secondary N) is 2. The molecule has 0 radical (unpaired) electrons. The number of carbonyl (C=O) groups excluding carboxylic acids is 1. The number of hydrogen-bond donors (Lipinski definition) is 2. The van der Waals surface area contributed by atoms with Crippen molar-refractivity contribution in [3.63, 3.8) is 0 Å². The first kappa shape index (κ1) is 25.2. The topological polar surface area (TPSA) is 75.2 Å². The maximum Gasteiger partial charge on any atom is 0.573 e. The molecular weight excluding hydrogens is 480 g/mol. The summed E-state index contributed by atoms with van der Waals surface area (Å²) in [7, 11) is 4.76. The van der Waals surface area contributed by atoms with Crippen molar-refractivity contribution in [3.05, 3.63) is 29.8 Å². The number of hydrogen-bond acceptors (Lipinski definition) is 4. The lowest BCUT2D eigenvalue weighted by Crippen LogP contribution is -2.43. The summed E-state index contributed by atoms with van der Waals surface area (Å²) in [5.41, 5.74) is 0.261. The quantitative estimate of drug-likeness (QED) is 0.245. The minimum atomic E-state index is -4.78. The molecule has 0 unspecified atom stereocenters. The third-order valence-electron chi connectivity index (χ3n) is 3.11. The van der Waals surface area contributed by atoms with Crippen molar-refractivity contribution in [2.24, 2.45) is 4.99 Å². The molecule has 0 saturated carbocycles. The molecule has 0 atom stereocenters. The molecule has 0 aromatic heterocycles. The molecule has 7 nitrogen and oxygen atoms in total. The van der Waals surface area contributed by atoms with Crippen molar-refractivity contribution in [2.45, 2.75) is 12.9 Å². The maximum absolute atomic E-state index is 12.5. The maximum atomic E-state index is 12.5. The van der Waals surface area contributed by atoms with E-state index in [1.54, 1.807) is 20.2 Å². The third kappa shape index (κ3) is 10.9. The number of para-hydroxylation sites is 1. The Morgan fingerprint density at radius 1 is 1.22 bits per heavy atom. The van der Waals surface area contributed by atoms with Gasteiger partial charge in [-0.3, -0.25) is 4.79 Å². The van der Waals surface area contributed by atoms with E-state index in [-0.39, 0.29) is 60.2 Å². The van der Waals surface area contributed by atoms with E-state index < -0.39 is 6.36 Å². The van der Waals surface area contributed by atoms with Crippen LogP contribution in [-0.4, -0.2) is 64.0 Å². The van der Waals surface area contributed by atoms with Crippen molar-refractivity contribution in [3.8, 4) is 5.75 Å². The first-order valence-electron chi connectivity index (χ1n) is 7.78. The molecule has 1 aromatic carbocycles. The highest BCUT2D eigenvalue weighted by Gasteiger charge is 2.31. The van der Waals surface area contributed by atoms with Crippen LogP contribution in [0.1, 0.15) is 5.56 Å². The number of aliphatic imine (C=N–C) groups is 1. The van der Waals surface area contributed by atoms with E-state index in [4.69, 9.17) is 4.74 Å². The number of amides is 1. The number of methoxy groups -OCH3 is 1. The Kier molecular flexibility index (Phi) is 11.8. The molecule has 0 spiro atoms. The van der Waals surface area contributed by atoms with Gasteiger partial charge in [0.2, 0.25) is 5.91 Å². The Morgan fingerprint density at radius 2 is 1.89 bits per heavy atom. The molecule has 154 valence electrons. The smallest absolute Gasteiger partial charge is 0.405 e. The van der Waals surface area contributed by atoms with Crippen LogP contribution in [0.15, 0.2) is 29.3 Å². The van der Waals surface area contributed by atoms with Gasteiger partial charge in [0.25, 0.3) is 0 Å². The fourth-order valence-electron chi connectivity index (χ4n) is 1.79. The Labute approximate surface area is 173 Å². The molecule has 0 bridgehead atoms. The molecule has 0 fully saturated rings. The van der Waals surface area contributed by atoms with Gasteiger partial charge in [0.05, 0.1) is 19.7 Å². The summed E-state index contributed by atoms with van der Waals surface area (Å²) in [5.74, 6) is -0.213. The Bertz CT molecular complexity index is 613. The molecule has 0 aliphatic rings. The summed E-state index contributed by atoms with van der Waals surface area (Å²) in [6, 6.07) is 5.75. The summed E-state index contributed by atoms with van der Waals surface area (Å²) in [4.78, 5) is 17.3. The summed E-state index contributed by atoms with van der Waals surface area (Å²) < 4.78 is 46.3. The van der Waals surface area contributed by atoms with Crippen LogP contribution in [0.4, 0.5) is 13.2 Å². The van der Waals surface area contributed by atoms with Crippen molar-refractivity contribution < 1.29 is 27.4 Å². The standard InChI is InChI=1S/C16H23F3N4O3.HI/c1-23(2)14(24)11-22-15(20-8-9-25-3)21-10-12-6-4-5-7-13(12)26-16(17,18)19;/h4-7H,8-11H2,1-3H3,(H2,20,21,22);1H. The second-order valence-corrected chi connectivity index (χ2v) is 5.38.